The zero-order valence-electron chi connectivity index (χ0n) is 20.3. The van der Waals surface area contributed by atoms with E-state index in [0.717, 1.165) is 0 Å². The Balaban J connectivity index is 1.46. The van der Waals surface area contributed by atoms with Crippen molar-refractivity contribution in [1.82, 2.24) is 14.3 Å². The molecule has 1 fully saturated rings. The monoisotopic (exact) mass is 502 g/mol. The summed E-state index contributed by atoms with van der Waals surface area (Å²) in [5.74, 6) is 0.471. The zero-order chi connectivity index (χ0) is 25.2. The lowest BCUT2D eigenvalue weighted by atomic mass is 10.0. The number of halogens is 1. The minimum atomic E-state index is -0.670. The van der Waals surface area contributed by atoms with Gasteiger partial charge in [0.1, 0.15) is 23.6 Å². The molecule has 1 aromatic carbocycles. The van der Waals surface area contributed by atoms with Crippen LogP contribution in [0.1, 0.15) is 40.2 Å². The van der Waals surface area contributed by atoms with Gasteiger partial charge in [-0.25, -0.2) is 0 Å². The molecule has 0 spiro atoms. The van der Waals surface area contributed by atoms with Crippen molar-refractivity contribution in [3.8, 4) is 17.4 Å². The topological polar surface area (TPSA) is 99.8 Å². The van der Waals surface area contributed by atoms with Crippen LogP contribution in [0.4, 0.5) is 5.82 Å². The van der Waals surface area contributed by atoms with Crippen LogP contribution >= 0.6 is 11.6 Å². The number of para-hydroxylation sites is 1. The number of carbonyl (C=O) groups is 1. The predicted octanol–water partition coefficient (Wildman–Crippen LogP) is 5.21. The number of hydrogen-bond acceptors (Lipinski definition) is 6. The number of aromatic hydroxyl groups is 1. The SMILES string of the molecule is CC(C)C[C@@H](C(=O)Nc1ccn(C[C@@H]2COC(C)(C)O2)n1)n1cc(Oc2ccccc2Cl)cc1O. The van der Waals surface area contributed by atoms with E-state index in [0.29, 0.717) is 41.9 Å². The number of nitrogens with zero attached hydrogens (tertiary/aromatic N) is 3. The van der Waals surface area contributed by atoms with Crippen LogP contribution in [0.3, 0.4) is 0 Å². The molecule has 2 N–H and O–H groups in total. The molecule has 10 heteroatoms. The predicted molar refractivity (Wildman–Crippen MR) is 132 cm³/mol. The number of ether oxygens (including phenoxy) is 3. The summed E-state index contributed by atoms with van der Waals surface area (Å²) in [6.07, 6.45) is 3.77. The Labute approximate surface area is 209 Å². The van der Waals surface area contributed by atoms with E-state index in [1.807, 2.05) is 27.7 Å². The zero-order valence-corrected chi connectivity index (χ0v) is 21.0. The van der Waals surface area contributed by atoms with Gasteiger partial charge in [0.05, 0.1) is 24.4 Å². The van der Waals surface area contributed by atoms with Crippen molar-refractivity contribution < 1.29 is 24.1 Å². The second-order valence-electron chi connectivity index (χ2n) is 9.48. The molecule has 4 rings (SSSR count). The fraction of sp³-hybridized carbons (Fsp3) is 0.440. The number of benzene rings is 1. The van der Waals surface area contributed by atoms with Gasteiger partial charge in [0.15, 0.2) is 17.5 Å². The summed E-state index contributed by atoms with van der Waals surface area (Å²) in [6.45, 7) is 8.77. The second kappa shape index (κ2) is 10.3. The Kier molecular flexibility index (Phi) is 7.39. The first-order valence-electron chi connectivity index (χ1n) is 11.6. The highest BCUT2D eigenvalue weighted by atomic mass is 35.5. The number of hydrogen-bond donors (Lipinski definition) is 2. The van der Waals surface area contributed by atoms with Crippen molar-refractivity contribution in [2.75, 3.05) is 11.9 Å². The smallest absolute Gasteiger partial charge is 0.248 e. The van der Waals surface area contributed by atoms with Crippen LogP contribution in [0.15, 0.2) is 48.8 Å². The Morgan fingerprint density at radius 3 is 2.80 bits per heavy atom. The van der Waals surface area contributed by atoms with Crippen LogP contribution in [0.2, 0.25) is 5.02 Å². The number of aromatic nitrogens is 3. The molecule has 9 nitrogen and oxygen atoms in total. The number of anilines is 1. The van der Waals surface area contributed by atoms with Crippen LogP contribution in [0, 0.1) is 5.92 Å². The van der Waals surface area contributed by atoms with Gasteiger partial charge in [-0.3, -0.25) is 9.48 Å². The van der Waals surface area contributed by atoms with E-state index < -0.39 is 11.8 Å². The quantitative estimate of drug-likeness (QED) is 0.416. The number of carbonyl (C=O) groups excluding carboxylic acids is 1. The van der Waals surface area contributed by atoms with Crippen molar-refractivity contribution in [3.05, 3.63) is 53.8 Å². The molecular formula is C25H31ClN4O5. The van der Waals surface area contributed by atoms with Gasteiger partial charge >= 0.3 is 0 Å². The summed E-state index contributed by atoms with van der Waals surface area (Å²) < 4.78 is 20.5. The van der Waals surface area contributed by atoms with Crippen molar-refractivity contribution in [2.24, 2.45) is 5.92 Å². The van der Waals surface area contributed by atoms with Gasteiger partial charge in [-0.1, -0.05) is 37.6 Å². The average molecular weight is 503 g/mol. The van der Waals surface area contributed by atoms with E-state index in [1.165, 1.54) is 10.6 Å². The van der Waals surface area contributed by atoms with E-state index in [4.69, 9.17) is 25.8 Å². The van der Waals surface area contributed by atoms with Crippen molar-refractivity contribution in [1.29, 1.82) is 0 Å². The first kappa shape index (κ1) is 25.1. The number of nitrogens with one attached hydrogen (secondary N) is 1. The van der Waals surface area contributed by atoms with Gasteiger partial charge < -0.3 is 29.2 Å². The third kappa shape index (κ3) is 6.36. The van der Waals surface area contributed by atoms with Gasteiger partial charge in [-0.15, -0.1) is 0 Å². The Hall–Kier alpha value is -3.01. The fourth-order valence-electron chi connectivity index (χ4n) is 4.00. The molecule has 0 unspecified atom stereocenters. The van der Waals surface area contributed by atoms with Gasteiger partial charge in [0.25, 0.3) is 0 Å². The summed E-state index contributed by atoms with van der Waals surface area (Å²) in [5.41, 5.74) is 0. The normalized spacial score (nSPS) is 18.1. The average Bonchev–Trinajstić information content (AvgIpc) is 3.46. The highest BCUT2D eigenvalue weighted by molar-refractivity contribution is 6.32. The van der Waals surface area contributed by atoms with Gasteiger partial charge in [0, 0.05) is 18.3 Å². The summed E-state index contributed by atoms with van der Waals surface area (Å²) >= 11 is 6.18. The molecule has 1 amide bonds. The summed E-state index contributed by atoms with van der Waals surface area (Å²) in [5, 5.41) is 18.4. The maximum atomic E-state index is 13.3. The third-order valence-corrected chi connectivity index (χ3v) is 5.86. The molecular weight excluding hydrogens is 472 g/mol. The lowest BCUT2D eigenvalue weighted by Crippen LogP contribution is -2.27. The number of amides is 1. The highest BCUT2D eigenvalue weighted by Gasteiger charge is 2.33. The van der Waals surface area contributed by atoms with E-state index in [-0.39, 0.29) is 23.8 Å². The minimum Gasteiger partial charge on any atom is -0.494 e. The maximum absolute atomic E-state index is 13.3. The fourth-order valence-corrected chi connectivity index (χ4v) is 4.17. The Bertz CT molecular complexity index is 1170. The third-order valence-electron chi connectivity index (χ3n) is 5.55. The van der Waals surface area contributed by atoms with Gasteiger partial charge in [0.2, 0.25) is 5.91 Å². The molecule has 188 valence electrons. The standard InChI is InChI=1S/C25H31ClN4O5/c1-16(2)11-20(30-14-17(12-23(30)31)34-21-8-6-5-7-19(21)26)24(32)27-22-9-10-29(28-22)13-18-15-33-25(3,4)35-18/h5-10,12,14,16,18,20,31H,11,13,15H2,1-4H3,(H,27,28,32)/t18-,20+/m1/s1. The van der Waals surface area contributed by atoms with E-state index in [1.54, 1.807) is 47.4 Å². The van der Waals surface area contributed by atoms with Crippen molar-refractivity contribution in [2.45, 2.75) is 58.6 Å². The summed E-state index contributed by atoms with van der Waals surface area (Å²) in [6, 6.07) is 9.58. The summed E-state index contributed by atoms with van der Waals surface area (Å²) in [4.78, 5) is 13.3. The highest BCUT2D eigenvalue weighted by Crippen LogP contribution is 2.34. The summed E-state index contributed by atoms with van der Waals surface area (Å²) in [7, 11) is 0. The second-order valence-corrected chi connectivity index (χ2v) is 9.89. The van der Waals surface area contributed by atoms with Crippen LogP contribution < -0.4 is 10.1 Å². The molecule has 3 aromatic rings. The molecule has 35 heavy (non-hydrogen) atoms. The van der Waals surface area contributed by atoms with Crippen molar-refractivity contribution >= 4 is 23.3 Å². The van der Waals surface area contributed by atoms with E-state index in [2.05, 4.69) is 10.4 Å². The molecule has 1 saturated heterocycles. The molecule has 2 aromatic heterocycles. The number of rotatable bonds is 9. The van der Waals surface area contributed by atoms with Crippen LogP contribution in [0.25, 0.3) is 0 Å². The first-order valence-corrected chi connectivity index (χ1v) is 12.0. The van der Waals surface area contributed by atoms with Gasteiger partial charge in [-0.2, -0.15) is 5.10 Å². The van der Waals surface area contributed by atoms with E-state index >= 15 is 0 Å². The molecule has 1 aliphatic rings. The van der Waals surface area contributed by atoms with Crippen LogP contribution in [-0.4, -0.2) is 43.9 Å². The molecule has 1 aliphatic heterocycles. The molecule has 2 atom stereocenters. The Morgan fingerprint density at radius 2 is 2.11 bits per heavy atom. The molecule has 0 radical (unpaired) electrons. The molecule has 3 heterocycles. The largest absolute Gasteiger partial charge is 0.494 e. The van der Waals surface area contributed by atoms with Crippen LogP contribution in [-0.2, 0) is 20.8 Å². The Morgan fingerprint density at radius 1 is 1.34 bits per heavy atom. The maximum Gasteiger partial charge on any atom is 0.248 e. The molecule has 0 bridgehead atoms. The first-order chi connectivity index (χ1) is 16.6. The molecule has 0 aliphatic carbocycles. The van der Waals surface area contributed by atoms with Crippen LogP contribution in [0.5, 0.6) is 17.4 Å². The van der Waals surface area contributed by atoms with Gasteiger partial charge in [-0.05, 0) is 38.3 Å². The van der Waals surface area contributed by atoms with Crippen molar-refractivity contribution in [3.63, 3.8) is 0 Å². The lowest BCUT2D eigenvalue weighted by molar-refractivity contribution is -0.139. The lowest BCUT2D eigenvalue weighted by Gasteiger charge is -2.20. The van der Waals surface area contributed by atoms with E-state index in [9.17, 15) is 9.90 Å². The molecule has 0 saturated carbocycles. The minimum absolute atomic E-state index is 0.0839.